The van der Waals surface area contributed by atoms with Crippen molar-refractivity contribution in [3.05, 3.63) is 65.5 Å². The van der Waals surface area contributed by atoms with Crippen molar-refractivity contribution < 1.29 is 9.90 Å². The number of hydrogen-bond acceptors (Lipinski definition) is 3. The van der Waals surface area contributed by atoms with Crippen molar-refractivity contribution in [3.63, 3.8) is 0 Å². The molecule has 1 amide bonds. The van der Waals surface area contributed by atoms with Crippen molar-refractivity contribution in [3.8, 4) is 0 Å². The fraction of sp³-hybridized carbons (Fsp3) is 0.429. The van der Waals surface area contributed by atoms with E-state index in [-0.39, 0.29) is 29.8 Å². The zero-order valence-electron chi connectivity index (χ0n) is 15.1. The second kappa shape index (κ2) is 6.96. The number of carbonyl (C=O) groups is 1. The normalized spacial score (nSPS) is 20.7. The number of amides is 1. The van der Waals surface area contributed by atoms with Gasteiger partial charge in [0, 0.05) is 49.0 Å². The van der Waals surface area contributed by atoms with Crippen molar-refractivity contribution >= 4 is 5.91 Å². The lowest BCUT2D eigenvalue weighted by molar-refractivity contribution is 0.0781. The van der Waals surface area contributed by atoms with Crippen LogP contribution in [0.2, 0.25) is 0 Å². The van der Waals surface area contributed by atoms with Crippen molar-refractivity contribution in [1.29, 1.82) is 0 Å². The number of aromatic nitrogens is 1. The molecule has 0 spiro atoms. The maximum Gasteiger partial charge on any atom is 0.253 e. The molecule has 2 heterocycles. The molecule has 1 aliphatic rings. The maximum absolute atomic E-state index is 12.9. The molecule has 0 aliphatic carbocycles. The predicted molar refractivity (Wildman–Crippen MR) is 98.6 cm³/mol. The molecule has 4 heteroatoms. The number of pyridine rings is 1. The van der Waals surface area contributed by atoms with E-state index >= 15 is 0 Å². The van der Waals surface area contributed by atoms with Gasteiger partial charge in [-0.3, -0.25) is 9.78 Å². The highest BCUT2D eigenvalue weighted by atomic mass is 16.3. The van der Waals surface area contributed by atoms with Gasteiger partial charge in [0.2, 0.25) is 0 Å². The first-order valence-electron chi connectivity index (χ1n) is 8.82. The first kappa shape index (κ1) is 17.6. The van der Waals surface area contributed by atoms with Gasteiger partial charge in [0.15, 0.2) is 0 Å². The van der Waals surface area contributed by atoms with Crippen LogP contribution in [0.3, 0.4) is 0 Å². The van der Waals surface area contributed by atoms with Gasteiger partial charge in [-0.25, -0.2) is 0 Å². The highest BCUT2D eigenvalue weighted by Crippen LogP contribution is 2.32. The second-order valence-electron chi connectivity index (χ2n) is 7.84. The Bertz CT molecular complexity index is 720. The van der Waals surface area contributed by atoms with E-state index in [0.29, 0.717) is 18.7 Å². The van der Waals surface area contributed by atoms with Crippen LogP contribution in [0.1, 0.15) is 48.3 Å². The lowest BCUT2D eigenvalue weighted by atomic mass is 9.86. The van der Waals surface area contributed by atoms with Crippen LogP contribution >= 0.6 is 0 Å². The summed E-state index contributed by atoms with van der Waals surface area (Å²) in [4.78, 5) is 19.1. The molecule has 0 unspecified atom stereocenters. The van der Waals surface area contributed by atoms with Gasteiger partial charge in [-0.2, -0.15) is 0 Å². The van der Waals surface area contributed by atoms with Crippen LogP contribution in [0.15, 0.2) is 48.7 Å². The summed E-state index contributed by atoms with van der Waals surface area (Å²) in [7, 11) is 0. The smallest absolute Gasteiger partial charge is 0.253 e. The summed E-state index contributed by atoms with van der Waals surface area (Å²) in [5.41, 5.74) is 2.93. The number of hydrogen-bond donors (Lipinski definition) is 1. The van der Waals surface area contributed by atoms with Crippen LogP contribution in [0.5, 0.6) is 0 Å². The van der Waals surface area contributed by atoms with E-state index in [1.54, 1.807) is 6.20 Å². The number of nitrogens with zero attached hydrogens (tertiary/aromatic N) is 2. The van der Waals surface area contributed by atoms with Crippen molar-refractivity contribution in [2.45, 2.75) is 32.1 Å². The van der Waals surface area contributed by atoms with E-state index in [0.717, 1.165) is 5.69 Å². The van der Waals surface area contributed by atoms with Crippen LogP contribution in [0.25, 0.3) is 0 Å². The largest absolute Gasteiger partial charge is 0.396 e. The van der Waals surface area contributed by atoms with E-state index in [2.05, 4.69) is 25.8 Å². The Morgan fingerprint density at radius 3 is 2.44 bits per heavy atom. The highest BCUT2D eigenvalue weighted by Gasteiger charge is 2.36. The van der Waals surface area contributed by atoms with Gasteiger partial charge in [-0.1, -0.05) is 39.0 Å². The summed E-state index contributed by atoms with van der Waals surface area (Å²) >= 11 is 0. The monoisotopic (exact) mass is 338 g/mol. The molecular formula is C21H26N2O2. The minimum atomic E-state index is 0.0253. The van der Waals surface area contributed by atoms with Gasteiger partial charge >= 0.3 is 0 Å². The van der Waals surface area contributed by atoms with Gasteiger partial charge < -0.3 is 10.0 Å². The van der Waals surface area contributed by atoms with Crippen LogP contribution < -0.4 is 0 Å². The van der Waals surface area contributed by atoms with Crippen LogP contribution in [-0.4, -0.2) is 40.6 Å². The van der Waals surface area contributed by atoms with Crippen molar-refractivity contribution in [1.82, 2.24) is 9.88 Å². The van der Waals surface area contributed by atoms with E-state index in [1.807, 2.05) is 47.4 Å². The Labute approximate surface area is 149 Å². The second-order valence-corrected chi connectivity index (χ2v) is 7.84. The minimum absolute atomic E-state index is 0.0253. The molecule has 1 aromatic heterocycles. The van der Waals surface area contributed by atoms with E-state index < -0.39 is 0 Å². The Kier molecular flexibility index (Phi) is 4.91. The summed E-state index contributed by atoms with van der Waals surface area (Å²) in [5.74, 6) is 0.147. The third-order valence-corrected chi connectivity index (χ3v) is 5.03. The minimum Gasteiger partial charge on any atom is -0.396 e. The fourth-order valence-electron chi connectivity index (χ4n) is 3.45. The summed E-state index contributed by atoms with van der Waals surface area (Å²) < 4.78 is 0. The molecular weight excluding hydrogens is 312 g/mol. The highest BCUT2D eigenvalue weighted by molar-refractivity contribution is 5.94. The molecule has 2 atom stereocenters. The summed E-state index contributed by atoms with van der Waals surface area (Å²) in [5, 5.41) is 9.73. The molecule has 1 aliphatic heterocycles. The van der Waals surface area contributed by atoms with Gasteiger partial charge in [0.25, 0.3) is 5.91 Å². The summed E-state index contributed by atoms with van der Waals surface area (Å²) in [6.07, 6.45) is 1.76. The zero-order valence-corrected chi connectivity index (χ0v) is 15.1. The Balaban J connectivity index is 1.77. The number of carbonyl (C=O) groups excluding carboxylic acids is 1. The first-order chi connectivity index (χ1) is 11.9. The molecule has 1 aromatic carbocycles. The number of aliphatic hydroxyl groups is 1. The van der Waals surface area contributed by atoms with E-state index in [1.165, 1.54) is 5.56 Å². The number of benzene rings is 1. The lowest BCUT2D eigenvalue weighted by Gasteiger charge is -2.20. The quantitative estimate of drug-likeness (QED) is 0.935. The van der Waals surface area contributed by atoms with Gasteiger partial charge in [0.1, 0.15) is 0 Å². The summed E-state index contributed by atoms with van der Waals surface area (Å²) in [6, 6.07) is 13.7. The summed E-state index contributed by atoms with van der Waals surface area (Å²) in [6.45, 7) is 7.71. The Hall–Kier alpha value is -2.20. The average molecular weight is 338 g/mol. The van der Waals surface area contributed by atoms with Gasteiger partial charge in [-0.05, 0) is 35.2 Å². The van der Waals surface area contributed by atoms with Crippen LogP contribution in [0.4, 0.5) is 0 Å². The Morgan fingerprint density at radius 2 is 1.88 bits per heavy atom. The molecule has 132 valence electrons. The maximum atomic E-state index is 12.9. The molecule has 1 fully saturated rings. The fourth-order valence-corrected chi connectivity index (χ4v) is 3.45. The van der Waals surface area contributed by atoms with E-state index in [9.17, 15) is 9.90 Å². The molecule has 3 rings (SSSR count). The third-order valence-electron chi connectivity index (χ3n) is 5.03. The third kappa shape index (κ3) is 3.74. The number of aliphatic hydroxyl groups excluding tert-OH is 1. The molecule has 2 aromatic rings. The topological polar surface area (TPSA) is 53.4 Å². The van der Waals surface area contributed by atoms with E-state index in [4.69, 9.17) is 0 Å². The van der Waals surface area contributed by atoms with Gasteiger partial charge in [-0.15, -0.1) is 0 Å². The molecule has 0 radical (unpaired) electrons. The Morgan fingerprint density at radius 1 is 1.16 bits per heavy atom. The van der Waals surface area contributed by atoms with Gasteiger partial charge in [0.05, 0.1) is 0 Å². The molecule has 25 heavy (non-hydrogen) atoms. The van der Waals surface area contributed by atoms with Crippen molar-refractivity contribution in [2.24, 2.45) is 5.92 Å². The standard InChI is InChI=1S/C21H26N2O2/c1-21(2,3)17-9-7-15(8-10-17)20(25)23-12-16(14-24)18(13-23)19-6-4-5-11-22-19/h4-11,16,18,24H,12-14H2,1-3H3/t16-,18+/m0/s1. The molecule has 1 saturated heterocycles. The number of rotatable bonds is 3. The van der Waals surface area contributed by atoms with Crippen molar-refractivity contribution in [2.75, 3.05) is 19.7 Å². The van der Waals surface area contributed by atoms with Crippen LogP contribution in [-0.2, 0) is 5.41 Å². The van der Waals surface area contributed by atoms with Crippen LogP contribution in [0, 0.1) is 5.92 Å². The molecule has 1 N–H and O–H groups in total. The molecule has 0 saturated carbocycles. The number of likely N-dealkylation sites (tertiary alicyclic amines) is 1. The zero-order chi connectivity index (χ0) is 18.0. The SMILES string of the molecule is CC(C)(C)c1ccc(C(=O)N2C[C@@H](CO)[C@H](c3ccccn3)C2)cc1. The molecule has 0 bridgehead atoms. The lowest BCUT2D eigenvalue weighted by Crippen LogP contribution is -2.29. The predicted octanol–water partition coefficient (Wildman–Crippen LogP) is 3.23. The first-order valence-corrected chi connectivity index (χ1v) is 8.82. The molecule has 4 nitrogen and oxygen atoms in total. The average Bonchev–Trinajstić information content (AvgIpc) is 3.05.